The fraction of sp³-hybridized carbons (Fsp3) is 0.778. The third-order valence-electron chi connectivity index (χ3n) is 3.06. The molecule has 10 nitrogen and oxygen atoms in total. The molecule has 0 saturated carbocycles. The molecule has 0 aromatic carbocycles. The average Bonchev–Trinajstić information content (AvgIpc) is 3.97. The van der Waals surface area contributed by atoms with Crippen LogP contribution in [0.2, 0.25) is 2.82 Å². The zero-order valence-electron chi connectivity index (χ0n) is 48.3. The molecule has 0 aliphatic rings. The maximum Gasteiger partial charge on any atom is 1.00 e. The van der Waals surface area contributed by atoms with Gasteiger partial charge in [-0.3, -0.25) is 0 Å². The SMILES string of the molecule is CC.CC.CC.CC.CC.CC.CC.CC.CC.CC.CC.CN[C@H](C=O)Cc1cnc[nH]1.CN[C@H](C=O)Cc1cnc[nH]1.P.P.P.P.P.P.P.P.P.P.P.[2H]N=[P-].[2H]N=[P-].[K+].[K+]. The smallest absolute Gasteiger partial charge is 0.614 e. The van der Waals surface area contributed by atoms with Gasteiger partial charge in [0.05, 0.1) is 24.7 Å². The number of H-pyrrole nitrogens is 2. The minimum absolute atomic E-state index is 0. The zero-order valence-corrected chi connectivity index (χ0v) is 69.9. The van der Waals surface area contributed by atoms with E-state index in [1.54, 1.807) is 39.1 Å². The van der Waals surface area contributed by atoms with Crippen LogP contribution in [0.4, 0.5) is 0 Å². The number of likely N-dealkylation sites (N-methyl/N-ethyl adjacent to an activating group) is 2. The van der Waals surface area contributed by atoms with Crippen molar-refractivity contribution >= 4 is 140 Å². The molecule has 0 radical (unpaired) electrons. The first-order valence-electron chi connectivity index (χ1n) is 19.2. The second-order valence-corrected chi connectivity index (χ2v) is 4.62. The maximum absolute atomic E-state index is 10.4. The van der Waals surface area contributed by atoms with Crippen molar-refractivity contribution < 1.29 is 115 Å². The Morgan fingerprint density at radius 1 is 0.492 bits per heavy atom. The van der Waals surface area contributed by atoms with Crippen molar-refractivity contribution in [3.05, 3.63) is 36.4 Å². The van der Waals surface area contributed by atoms with Gasteiger partial charge in [-0.15, -0.1) is 0 Å². The molecule has 0 fully saturated rings. The summed E-state index contributed by atoms with van der Waals surface area (Å²) in [5.74, 6) is 0. The molecule has 11 unspecified atom stereocenters. The summed E-state index contributed by atoms with van der Waals surface area (Å²) in [6, 6.07) is -0.231. The molecule has 25 heteroatoms. The Balaban J connectivity index is -0.0000000103. The molecule has 61 heavy (non-hydrogen) atoms. The Hall–Kier alpha value is 5.88. The molecule has 0 bridgehead atoms. The fourth-order valence-corrected chi connectivity index (χ4v) is 1.70. The van der Waals surface area contributed by atoms with E-state index in [0.717, 1.165) is 24.0 Å². The monoisotopic (exact) mass is 1180 g/mol. The Labute approximate surface area is 516 Å². The molecule has 6 N–H and O–H groups in total. The summed E-state index contributed by atoms with van der Waals surface area (Å²) in [6.07, 6.45) is 9.75. The minimum atomic E-state index is -0.115. The van der Waals surface area contributed by atoms with E-state index in [-0.39, 0.29) is 224 Å². The fourth-order valence-electron chi connectivity index (χ4n) is 1.70. The van der Waals surface area contributed by atoms with Gasteiger partial charge in [-0.05, 0) is 14.1 Å². The predicted octanol–water partition coefficient (Wildman–Crippen LogP) is 7.73. The van der Waals surface area contributed by atoms with Crippen molar-refractivity contribution in [3.63, 3.8) is 0 Å². The normalized spacial score (nSPS) is 6.16. The van der Waals surface area contributed by atoms with Gasteiger partial charge in [0.2, 0.25) is 0 Å². The molecular weight excluding hydrogens is 1060 g/mol. The van der Waals surface area contributed by atoms with E-state index in [1.807, 2.05) is 152 Å². The third kappa shape index (κ3) is 209. The molecule has 2 heterocycles. The van der Waals surface area contributed by atoms with Crippen LogP contribution in [0.25, 0.3) is 0 Å². The topological polar surface area (TPSA) is 163 Å². The number of aldehydes is 2. The molecule has 386 valence electrons. The van der Waals surface area contributed by atoms with Gasteiger partial charge < -0.3 is 58.6 Å². The first kappa shape index (κ1) is 158. The summed E-state index contributed by atoms with van der Waals surface area (Å²) in [6.45, 7) is 44.0. The molecule has 2 aromatic rings. The van der Waals surface area contributed by atoms with E-state index in [9.17, 15) is 9.59 Å². The summed E-state index contributed by atoms with van der Waals surface area (Å²) >= 11 is 0. The van der Waals surface area contributed by atoms with E-state index in [0.29, 0.717) is 12.8 Å². The van der Waals surface area contributed by atoms with E-state index in [1.165, 1.54) is 0 Å². The second-order valence-electron chi connectivity index (χ2n) is 4.62. The van der Waals surface area contributed by atoms with E-state index in [4.69, 9.17) is 2.82 Å². The number of imidazole rings is 2. The molecule has 0 saturated heterocycles. The van der Waals surface area contributed by atoms with Crippen LogP contribution in [0.5, 0.6) is 0 Å². The van der Waals surface area contributed by atoms with Crippen molar-refractivity contribution in [3.8, 4) is 0 Å². The first-order chi connectivity index (χ1) is 24.6. The number of aromatic amines is 2. The second kappa shape index (κ2) is 273. The van der Waals surface area contributed by atoms with Gasteiger partial charge >= 0.3 is 103 Å². The van der Waals surface area contributed by atoms with Crippen molar-refractivity contribution in [2.24, 2.45) is 0 Å². The van der Waals surface area contributed by atoms with Gasteiger partial charge in [-0.25, -0.2) is 9.97 Å². The summed E-state index contributed by atoms with van der Waals surface area (Å²) in [5, 5.41) is 10.6. The van der Waals surface area contributed by atoms with Crippen LogP contribution in [0.1, 0.15) is 164 Å². The quantitative estimate of drug-likeness (QED) is 0.0901. The Kier molecular flexibility index (Phi) is 706. The molecule has 2 rings (SSSR count). The van der Waals surface area contributed by atoms with Crippen LogP contribution >= 0.6 is 127 Å². The van der Waals surface area contributed by atoms with Gasteiger partial charge in [0.1, 0.15) is 15.4 Å². The van der Waals surface area contributed by atoms with Crippen molar-refractivity contribution in [1.29, 1.82) is 10.3 Å². The number of nitrogens with zero attached hydrogens (tertiary/aromatic N) is 2. The van der Waals surface area contributed by atoms with Crippen molar-refractivity contribution in [2.45, 2.75) is 177 Å². The number of aromatic nitrogens is 4. The molecule has 13 atom stereocenters. The van der Waals surface area contributed by atoms with Gasteiger partial charge in [-0.2, -0.15) is 109 Å². The first-order valence-corrected chi connectivity index (χ1v) is 19.1. The van der Waals surface area contributed by atoms with Gasteiger partial charge in [0, 0.05) is 36.6 Å². The van der Waals surface area contributed by atoms with Crippen molar-refractivity contribution in [2.75, 3.05) is 14.1 Å². The van der Waals surface area contributed by atoms with E-state index >= 15 is 0 Å². The Morgan fingerprint density at radius 2 is 0.639 bits per heavy atom. The number of hydrogen-bond acceptors (Lipinski definition) is 8. The molecular formula is C36H123K2N8O2P13. The summed E-state index contributed by atoms with van der Waals surface area (Å²) in [7, 11) is 9.68. The zero-order chi connectivity index (χ0) is 43.6. The largest absolute Gasteiger partial charge is 1.00 e. The third-order valence-corrected chi connectivity index (χ3v) is 3.06. The van der Waals surface area contributed by atoms with Gasteiger partial charge in [0.15, 0.2) is 0 Å². The molecule has 0 aliphatic heterocycles. The Bertz CT molecular complexity index is 624. The summed E-state index contributed by atoms with van der Waals surface area (Å²) in [4.78, 5) is 34.3. The number of nitrogens with one attached hydrogen (secondary N) is 6. The predicted molar refractivity (Wildman–Crippen MR) is 349 cm³/mol. The standard InChI is InChI=1S/2C7H11N3O.11C2H6.2K.2HNP.11H3P/c2*1-8-7(4-11)2-6-3-9-5-10-6;11*1-2;;;2*1-2;;;;;;;;;;;/h2*3-5,7-8H,2H2,1H3,(H,9,10);11*1-2H3;;;2*1H;11*1H3/q;;;;;;;;;;;;;2*+1;2*-1;;;;;;;;;;;/t2*7-;;;;;;;;;;;;;;;;;;;;;;;;;;/m00........................../s1/i/hD2. The Morgan fingerprint density at radius 3 is 0.721 bits per heavy atom. The average molecular weight is 1180 g/mol. The van der Waals surface area contributed by atoms with Gasteiger partial charge in [0.25, 0.3) is 0 Å². The molecule has 0 spiro atoms. The van der Waals surface area contributed by atoms with Gasteiger partial charge in [-0.1, -0.05) is 152 Å². The maximum atomic E-state index is 10.4. The van der Waals surface area contributed by atoms with Crippen LogP contribution in [0, 0.1) is 10.3 Å². The van der Waals surface area contributed by atoms with Crippen LogP contribution in [-0.2, 0) is 22.4 Å². The van der Waals surface area contributed by atoms with Crippen molar-refractivity contribution in [1.82, 2.24) is 30.6 Å². The molecule has 2 aromatic heterocycles. The van der Waals surface area contributed by atoms with Crippen LogP contribution in [0.3, 0.4) is 0 Å². The number of carbonyl (C=O) groups is 2. The summed E-state index contributed by atoms with van der Waals surface area (Å²) < 4.78 is 11.4. The molecule has 0 aliphatic carbocycles. The number of carbonyl (C=O) groups excluding carboxylic acids is 2. The van der Waals surface area contributed by atoms with E-state index < -0.39 is 0 Å². The number of hydrogen-bond donors (Lipinski definition) is 6. The van der Waals surface area contributed by atoms with Crippen LogP contribution in [-0.4, -0.2) is 58.7 Å². The van der Waals surface area contributed by atoms with Crippen LogP contribution in [0.15, 0.2) is 25.0 Å². The van der Waals surface area contributed by atoms with Crippen LogP contribution < -0.4 is 113 Å². The minimum Gasteiger partial charge on any atom is -0.614 e. The number of rotatable bonds is 8. The molecule has 0 amide bonds. The summed E-state index contributed by atoms with van der Waals surface area (Å²) in [5.41, 5.74) is 1.94. The van der Waals surface area contributed by atoms with E-state index in [2.05, 4.69) is 58.9 Å².